The van der Waals surface area contributed by atoms with Crippen molar-refractivity contribution in [3.63, 3.8) is 0 Å². The first-order valence-corrected chi connectivity index (χ1v) is 12.3. The number of aryl methyl sites for hydroxylation is 1. The molecule has 0 radical (unpaired) electrons. The van der Waals surface area contributed by atoms with Crippen LogP contribution in [0.15, 0.2) is 29.3 Å². The Kier molecular flexibility index (Phi) is 9.24. The van der Waals surface area contributed by atoms with E-state index in [4.69, 9.17) is 16.3 Å². The number of hydrogen-bond donors (Lipinski definition) is 0. The van der Waals surface area contributed by atoms with Crippen molar-refractivity contribution in [1.82, 2.24) is 19.6 Å². The van der Waals surface area contributed by atoms with Gasteiger partial charge in [-0.15, -0.1) is 5.10 Å². The fraction of sp³-hybridized carbons (Fsp3) is 0.478. The summed E-state index contributed by atoms with van der Waals surface area (Å²) in [6, 6.07) is 1.64. The molecule has 0 N–H and O–H groups in total. The van der Waals surface area contributed by atoms with E-state index in [2.05, 4.69) is 10.3 Å². The van der Waals surface area contributed by atoms with Gasteiger partial charge >= 0.3 is 41.8 Å². The van der Waals surface area contributed by atoms with Gasteiger partial charge in [0.05, 0.1) is 29.9 Å². The van der Waals surface area contributed by atoms with E-state index in [0.717, 1.165) is 16.8 Å². The van der Waals surface area contributed by atoms with E-state index in [-0.39, 0.29) is 22.5 Å². The van der Waals surface area contributed by atoms with Gasteiger partial charge in [-0.1, -0.05) is 16.8 Å². The van der Waals surface area contributed by atoms with Gasteiger partial charge in [0.15, 0.2) is 0 Å². The molecule has 3 aromatic rings. The van der Waals surface area contributed by atoms with E-state index < -0.39 is 88.5 Å². The standard InChI is InChI=1S/C23H15ClF14N4O3/c1-2-45-17(44)12-9-41(15-6-13(24)14(25)5-11(15)16(12)43)7-10-8-42(40-39-10)4-3-18(26,27)19(28,29)20(30,31)21(32,33)22(34,35)23(36,37)38/h5-6,8-9H,2-4,7H2,1H3. The number of rotatable bonds is 11. The molecule has 2 aromatic heterocycles. The Hall–Kier alpha value is -3.65. The molecule has 0 aliphatic rings. The molecule has 22 heteroatoms. The molecule has 1 aromatic carbocycles. The molecule has 0 aliphatic carbocycles. The van der Waals surface area contributed by atoms with Crippen molar-refractivity contribution in [2.24, 2.45) is 0 Å². The van der Waals surface area contributed by atoms with Crippen LogP contribution in [0, 0.1) is 5.82 Å². The summed E-state index contributed by atoms with van der Waals surface area (Å²) in [5.74, 6) is -39.7. The Morgan fingerprint density at radius 3 is 2.02 bits per heavy atom. The van der Waals surface area contributed by atoms with Crippen LogP contribution in [0.1, 0.15) is 29.4 Å². The first kappa shape index (κ1) is 35.8. The predicted octanol–water partition coefficient (Wildman–Crippen LogP) is 6.74. The number of nitrogens with zero attached hydrogens (tertiary/aromatic N) is 4. The van der Waals surface area contributed by atoms with E-state index >= 15 is 0 Å². The highest BCUT2D eigenvalue weighted by Gasteiger charge is 2.90. The van der Waals surface area contributed by atoms with Gasteiger partial charge in [-0.25, -0.2) is 9.18 Å². The minimum absolute atomic E-state index is 0.126. The van der Waals surface area contributed by atoms with Crippen molar-refractivity contribution in [2.75, 3.05) is 6.61 Å². The zero-order valence-corrected chi connectivity index (χ0v) is 22.6. The first-order chi connectivity index (χ1) is 20.3. The Morgan fingerprint density at radius 2 is 1.47 bits per heavy atom. The van der Waals surface area contributed by atoms with Crippen LogP contribution < -0.4 is 5.43 Å². The van der Waals surface area contributed by atoms with Crippen molar-refractivity contribution in [3.8, 4) is 0 Å². The second kappa shape index (κ2) is 11.6. The zero-order chi connectivity index (χ0) is 34.6. The van der Waals surface area contributed by atoms with Crippen LogP contribution in [0.4, 0.5) is 61.5 Å². The molecule has 0 saturated carbocycles. The zero-order valence-electron chi connectivity index (χ0n) is 21.8. The summed E-state index contributed by atoms with van der Waals surface area (Å²) in [4.78, 5) is 25.0. The molecule has 7 nitrogen and oxygen atoms in total. The number of halogens is 15. The molecule has 0 spiro atoms. The monoisotopic (exact) mass is 696 g/mol. The number of hydrogen-bond acceptors (Lipinski definition) is 5. The highest BCUT2D eigenvalue weighted by molar-refractivity contribution is 6.31. The molecule has 0 bridgehead atoms. The number of benzene rings is 1. The van der Waals surface area contributed by atoms with E-state index in [1.807, 2.05) is 0 Å². The smallest absolute Gasteiger partial charge is 0.460 e. The topological polar surface area (TPSA) is 79.0 Å². The Morgan fingerprint density at radius 1 is 0.889 bits per heavy atom. The maximum Gasteiger partial charge on any atom is 0.460 e. The summed E-state index contributed by atoms with van der Waals surface area (Å²) in [6.45, 7) is -0.881. The van der Waals surface area contributed by atoms with Crippen molar-refractivity contribution >= 4 is 28.5 Å². The second-order valence-electron chi connectivity index (χ2n) is 9.23. The predicted molar refractivity (Wildman–Crippen MR) is 124 cm³/mol. The lowest BCUT2D eigenvalue weighted by molar-refractivity contribution is -0.440. The highest BCUT2D eigenvalue weighted by atomic mass is 35.5. The van der Waals surface area contributed by atoms with E-state index in [9.17, 15) is 71.1 Å². The summed E-state index contributed by atoms with van der Waals surface area (Å²) < 4.78 is 193. The molecule has 0 fully saturated rings. The van der Waals surface area contributed by atoms with Crippen LogP contribution in [-0.4, -0.2) is 67.9 Å². The summed E-state index contributed by atoms with van der Waals surface area (Å²) in [6.07, 6.45) is -8.47. The van der Waals surface area contributed by atoms with Gasteiger partial charge in [0.25, 0.3) is 0 Å². The number of carbonyl (C=O) groups excluding carboxylic acids is 1. The van der Waals surface area contributed by atoms with Crippen molar-refractivity contribution in [2.45, 2.75) is 62.2 Å². The minimum atomic E-state index is -8.01. The molecule has 0 amide bonds. The van der Waals surface area contributed by atoms with Crippen LogP contribution in [0.2, 0.25) is 5.02 Å². The third-order valence-electron chi connectivity index (χ3n) is 6.19. The maximum absolute atomic E-state index is 14.1. The molecular formula is C23H15ClF14N4O3. The van der Waals surface area contributed by atoms with Gasteiger partial charge in [0.2, 0.25) is 5.43 Å². The average Bonchev–Trinajstić information content (AvgIpc) is 3.36. The molecule has 45 heavy (non-hydrogen) atoms. The summed E-state index contributed by atoms with van der Waals surface area (Å²) >= 11 is 5.76. The molecular weight excluding hydrogens is 682 g/mol. The van der Waals surface area contributed by atoms with Crippen LogP contribution in [-0.2, 0) is 17.8 Å². The van der Waals surface area contributed by atoms with Gasteiger partial charge in [-0.2, -0.15) is 57.1 Å². The van der Waals surface area contributed by atoms with Gasteiger partial charge in [0, 0.05) is 24.5 Å². The number of esters is 1. The van der Waals surface area contributed by atoms with E-state index in [1.54, 1.807) is 0 Å². The molecule has 0 saturated heterocycles. The Balaban J connectivity index is 1.91. The average molecular weight is 697 g/mol. The SMILES string of the molecule is CCOC(=O)c1cn(Cc2cn(CCC(F)(F)C(F)(F)C(F)(F)C(F)(F)C(F)(F)C(F)(F)F)nn2)c2cc(Cl)c(F)cc2c1=O. The van der Waals surface area contributed by atoms with E-state index in [1.165, 1.54) is 6.92 Å². The second-order valence-corrected chi connectivity index (χ2v) is 9.63. The quantitative estimate of drug-likeness (QED) is 0.164. The number of fused-ring (bicyclic) bond motifs is 1. The summed E-state index contributed by atoms with van der Waals surface area (Å²) in [5, 5.41) is 5.80. The van der Waals surface area contributed by atoms with Crippen LogP contribution in [0.25, 0.3) is 10.9 Å². The fourth-order valence-electron chi connectivity index (χ4n) is 3.78. The normalized spacial score (nSPS) is 13.9. The van der Waals surface area contributed by atoms with Crippen LogP contribution in [0.3, 0.4) is 0 Å². The minimum Gasteiger partial charge on any atom is -0.462 e. The molecule has 3 rings (SSSR count). The van der Waals surface area contributed by atoms with Crippen LogP contribution >= 0.6 is 11.6 Å². The first-order valence-electron chi connectivity index (χ1n) is 11.9. The van der Waals surface area contributed by atoms with Gasteiger partial charge < -0.3 is 9.30 Å². The fourth-order valence-corrected chi connectivity index (χ4v) is 3.94. The lowest BCUT2D eigenvalue weighted by Gasteiger charge is -2.39. The van der Waals surface area contributed by atoms with Crippen molar-refractivity contribution in [1.29, 1.82) is 0 Å². The largest absolute Gasteiger partial charge is 0.462 e. The maximum atomic E-state index is 14.1. The lowest BCUT2D eigenvalue weighted by atomic mass is 9.92. The third kappa shape index (κ3) is 6.01. The molecule has 250 valence electrons. The third-order valence-corrected chi connectivity index (χ3v) is 6.48. The van der Waals surface area contributed by atoms with Gasteiger partial charge in [-0.05, 0) is 19.1 Å². The van der Waals surface area contributed by atoms with Gasteiger partial charge in [0.1, 0.15) is 17.1 Å². The summed E-state index contributed by atoms with van der Waals surface area (Å²) in [5.41, 5.74) is -2.03. The number of ether oxygens (including phenoxy) is 1. The number of carbonyl (C=O) groups is 1. The summed E-state index contributed by atoms with van der Waals surface area (Å²) in [7, 11) is 0. The number of alkyl halides is 13. The molecule has 0 aliphatic heterocycles. The van der Waals surface area contributed by atoms with Crippen LogP contribution in [0.5, 0.6) is 0 Å². The Labute approximate surface area is 245 Å². The van der Waals surface area contributed by atoms with Crippen molar-refractivity contribution < 1.29 is 71.0 Å². The number of aromatic nitrogens is 4. The lowest BCUT2D eigenvalue weighted by Crippen LogP contribution is -2.70. The molecule has 0 atom stereocenters. The van der Waals surface area contributed by atoms with Crippen molar-refractivity contribution in [3.05, 3.63) is 56.8 Å². The number of pyridine rings is 1. The Bertz CT molecular complexity index is 1650. The van der Waals surface area contributed by atoms with Gasteiger partial charge in [-0.3, -0.25) is 9.48 Å². The highest BCUT2D eigenvalue weighted by Crippen LogP contribution is 2.60. The van der Waals surface area contributed by atoms with E-state index in [0.29, 0.717) is 12.3 Å². The molecule has 2 heterocycles. The molecule has 0 unspecified atom stereocenters.